The Kier molecular flexibility index (Phi) is 3.94. The van der Waals surface area contributed by atoms with E-state index in [4.69, 9.17) is 4.98 Å². The summed E-state index contributed by atoms with van der Waals surface area (Å²) in [5, 5.41) is 11.2. The number of pyridine rings is 3. The van der Waals surface area contributed by atoms with Gasteiger partial charge in [0.25, 0.3) is 0 Å². The average Bonchev–Trinajstić information content (AvgIpc) is 3.26. The first kappa shape index (κ1) is 18.1. The number of hydrogen-bond acceptors (Lipinski definition) is 5. The molecule has 6 rings (SSSR count). The maximum atomic E-state index is 11.4. The van der Waals surface area contributed by atoms with E-state index in [1.807, 2.05) is 41.0 Å². The predicted molar refractivity (Wildman–Crippen MR) is 122 cm³/mol. The molecule has 0 aliphatic heterocycles. The van der Waals surface area contributed by atoms with Gasteiger partial charge in [-0.1, -0.05) is 0 Å². The van der Waals surface area contributed by atoms with Crippen LogP contribution in [-0.2, 0) is 0 Å². The lowest BCUT2D eigenvalue weighted by Gasteiger charge is -2.12. The third-order valence-electron chi connectivity index (χ3n) is 5.54. The zero-order valence-electron chi connectivity index (χ0n) is 16.7. The molecule has 32 heavy (non-hydrogen) atoms. The van der Waals surface area contributed by atoms with E-state index in [1.165, 1.54) is 0 Å². The molecule has 152 valence electrons. The van der Waals surface area contributed by atoms with Gasteiger partial charge in [0.15, 0.2) is 0 Å². The monoisotopic (exact) mass is 417 g/mol. The quantitative estimate of drug-likeness (QED) is 0.413. The van der Waals surface area contributed by atoms with Crippen LogP contribution in [0.1, 0.15) is 10.4 Å². The zero-order chi connectivity index (χ0) is 21.7. The fourth-order valence-corrected chi connectivity index (χ4v) is 4.13. The van der Waals surface area contributed by atoms with E-state index in [0.29, 0.717) is 0 Å². The van der Waals surface area contributed by atoms with E-state index in [9.17, 15) is 9.90 Å². The Bertz CT molecular complexity index is 1640. The molecule has 0 saturated heterocycles. The molecule has 7 heteroatoms. The summed E-state index contributed by atoms with van der Waals surface area (Å²) >= 11 is 0. The zero-order valence-corrected chi connectivity index (χ0v) is 16.7. The highest BCUT2D eigenvalue weighted by Gasteiger charge is 2.21. The molecule has 7 nitrogen and oxygen atoms in total. The number of carboxylic acid groups (broad SMARTS) is 1. The third-order valence-corrected chi connectivity index (χ3v) is 5.54. The van der Waals surface area contributed by atoms with Crippen LogP contribution in [0, 0.1) is 0 Å². The molecule has 0 fully saturated rings. The summed E-state index contributed by atoms with van der Waals surface area (Å²) in [7, 11) is 0. The van der Waals surface area contributed by atoms with Crippen molar-refractivity contribution in [2.24, 2.45) is 0 Å². The summed E-state index contributed by atoms with van der Waals surface area (Å²) in [6.07, 6.45) is 6.97. The van der Waals surface area contributed by atoms with Crippen molar-refractivity contribution in [2.45, 2.75) is 0 Å². The maximum absolute atomic E-state index is 11.4. The molecule has 2 aromatic carbocycles. The molecule has 4 aromatic heterocycles. The highest BCUT2D eigenvalue weighted by Crippen LogP contribution is 2.37. The van der Waals surface area contributed by atoms with Crippen LogP contribution in [0.4, 0.5) is 0 Å². The van der Waals surface area contributed by atoms with Crippen molar-refractivity contribution in [3.05, 3.63) is 91.0 Å². The minimum atomic E-state index is -0.965. The van der Waals surface area contributed by atoms with Gasteiger partial charge >= 0.3 is 5.97 Å². The number of rotatable bonds is 3. The Morgan fingerprint density at radius 2 is 1.41 bits per heavy atom. The van der Waals surface area contributed by atoms with Gasteiger partial charge in [-0.15, -0.1) is 0 Å². The van der Waals surface area contributed by atoms with Crippen molar-refractivity contribution < 1.29 is 9.90 Å². The summed E-state index contributed by atoms with van der Waals surface area (Å²) in [6, 6.07) is 18.4. The fourth-order valence-electron chi connectivity index (χ4n) is 4.13. The number of carbonyl (C=O) groups is 1. The lowest BCUT2D eigenvalue weighted by molar-refractivity contribution is 0.0697. The largest absolute Gasteiger partial charge is 0.478 e. The Morgan fingerprint density at radius 3 is 2.09 bits per heavy atom. The number of aromatic carboxylic acids is 1. The van der Waals surface area contributed by atoms with Gasteiger partial charge < -0.3 is 5.11 Å². The Morgan fingerprint density at radius 1 is 0.750 bits per heavy atom. The van der Waals surface area contributed by atoms with Gasteiger partial charge in [-0.05, 0) is 60.7 Å². The van der Waals surface area contributed by atoms with Crippen LogP contribution in [0.15, 0.2) is 85.5 Å². The molecule has 0 unspecified atom stereocenters. The normalized spacial score (nSPS) is 11.4. The van der Waals surface area contributed by atoms with Gasteiger partial charge in [-0.25, -0.2) is 9.78 Å². The molecule has 6 aromatic rings. The number of nitrogens with zero attached hydrogens (tertiary/aromatic N) is 5. The first-order valence-electron chi connectivity index (χ1n) is 10.0. The second kappa shape index (κ2) is 6.95. The minimum Gasteiger partial charge on any atom is -0.478 e. The number of imidazole rings is 1. The Labute approximate surface area is 181 Å². The van der Waals surface area contributed by atoms with E-state index in [2.05, 4.69) is 15.0 Å². The number of aromatic nitrogens is 5. The van der Waals surface area contributed by atoms with E-state index < -0.39 is 5.97 Å². The highest BCUT2D eigenvalue weighted by molar-refractivity contribution is 6.21. The Balaban J connectivity index is 1.81. The number of carboxylic acids is 1. The van der Waals surface area contributed by atoms with Crippen molar-refractivity contribution >= 4 is 38.8 Å². The smallest absolute Gasteiger partial charge is 0.335 e. The number of hydrogen-bond donors (Lipinski definition) is 1. The first-order chi connectivity index (χ1) is 15.7. The molecule has 0 saturated carbocycles. The van der Waals surface area contributed by atoms with E-state index >= 15 is 0 Å². The van der Waals surface area contributed by atoms with Crippen molar-refractivity contribution in [3.8, 4) is 17.1 Å². The van der Waals surface area contributed by atoms with E-state index in [0.717, 1.165) is 49.9 Å². The van der Waals surface area contributed by atoms with Crippen LogP contribution >= 0.6 is 0 Å². The third kappa shape index (κ3) is 2.65. The van der Waals surface area contributed by atoms with Gasteiger partial charge in [0.1, 0.15) is 5.82 Å². The number of benzene rings is 2. The van der Waals surface area contributed by atoms with Crippen LogP contribution < -0.4 is 0 Å². The topological polar surface area (TPSA) is 93.8 Å². The summed E-state index contributed by atoms with van der Waals surface area (Å²) < 4.78 is 2.05. The lowest BCUT2D eigenvalue weighted by Crippen LogP contribution is -2.01. The molecule has 0 aliphatic rings. The number of fused-ring (bicyclic) bond motifs is 6. The second-order valence-corrected chi connectivity index (χ2v) is 7.36. The van der Waals surface area contributed by atoms with Crippen LogP contribution in [-0.4, -0.2) is 35.6 Å². The summed E-state index contributed by atoms with van der Waals surface area (Å²) in [5.74, 6) is -0.236. The van der Waals surface area contributed by atoms with Crippen LogP contribution in [0.5, 0.6) is 0 Å². The SMILES string of the molecule is O=C(O)c1ccc(-n2c(-c3ccncc3)nc3c4cccnc4c4ncccc4c32)cc1. The molecule has 0 aliphatic carbocycles. The molecule has 4 heterocycles. The predicted octanol–water partition coefficient (Wildman–Crippen LogP) is 4.88. The van der Waals surface area contributed by atoms with Crippen LogP contribution in [0.3, 0.4) is 0 Å². The van der Waals surface area contributed by atoms with Crippen molar-refractivity contribution in [3.63, 3.8) is 0 Å². The summed E-state index contributed by atoms with van der Waals surface area (Å²) in [4.78, 5) is 29.8. The van der Waals surface area contributed by atoms with Crippen molar-refractivity contribution in [1.82, 2.24) is 24.5 Å². The van der Waals surface area contributed by atoms with Gasteiger partial charge in [-0.2, -0.15) is 0 Å². The lowest BCUT2D eigenvalue weighted by atomic mass is 10.1. The first-order valence-corrected chi connectivity index (χ1v) is 10.0. The van der Waals surface area contributed by atoms with Crippen LogP contribution in [0.25, 0.3) is 49.9 Å². The average molecular weight is 417 g/mol. The molecule has 0 spiro atoms. The highest BCUT2D eigenvalue weighted by atomic mass is 16.4. The van der Waals surface area contributed by atoms with Crippen LogP contribution in [0.2, 0.25) is 0 Å². The van der Waals surface area contributed by atoms with Gasteiger partial charge in [0.2, 0.25) is 0 Å². The molecule has 1 N–H and O–H groups in total. The van der Waals surface area contributed by atoms with E-state index in [-0.39, 0.29) is 5.56 Å². The molecule has 0 radical (unpaired) electrons. The van der Waals surface area contributed by atoms with E-state index in [1.54, 1.807) is 49.1 Å². The fraction of sp³-hybridized carbons (Fsp3) is 0. The minimum absolute atomic E-state index is 0.227. The van der Waals surface area contributed by atoms with Crippen molar-refractivity contribution in [1.29, 1.82) is 0 Å². The molecular weight excluding hydrogens is 402 g/mol. The van der Waals surface area contributed by atoms with Gasteiger partial charge in [0, 0.05) is 46.8 Å². The molecule has 0 atom stereocenters. The molecule has 0 bridgehead atoms. The maximum Gasteiger partial charge on any atom is 0.335 e. The molecular formula is C25H15N5O2. The Hall–Kier alpha value is -4.65. The molecule has 0 amide bonds. The summed E-state index contributed by atoms with van der Waals surface area (Å²) in [6.45, 7) is 0. The van der Waals surface area contributed by atoms with Crippen molar-refractivity contribution in [2.75, 3.05) is 0 Å². The second-order valence-electron chi connectivity index (χ2n) is 7.36. The van der Waals surface area contributed by atoms with Gasteiger partial charge in [-0.3, -0.25) is 19.5 Å². The standard InChI is InChI=1S/C25H15N5O2/c31-25(32)16-5-7-17(8-6-16)30-23-19-4-2-12-28-21(19)20-18(3-1-11-27-20)22(23)29-24(30)15-9-13-26-14-10-15/h1-14H,(H,31,32). The van der Waals surface area contributed by atoms with Gasteiger partial charge in [0.05, 0.1) is 27.6 Å². The summed E-state index contributed by atoms with van der Waals surface area (Å²) in [5.41, 5.74) is 5.21.